The van der Waals surface area contributed by atoms with Gasteiger partial charge in [-0.1, -0.05) is 36.4 Å². The van der Waals surface area contributed by atoms with Gasteiger partial charge in [-0.2, -0.15) is 0 Å². The Balaban J connectivity index is 2.13. The largest absolute Gasteiger partial charge is 0.507 e. The van der Waals surface area contributed by atoms with Crippen molar-refractivity contribution < 1.29 is 29.3 Å². The van der Waals surface area contributed by atoms with Gasteiger partial charge in [0.25, 0.3) is 11.7 Å². The molecule has 3 rings (SSSR count). The fourth-order valence-electron chi connectivity index (χ4n) is 3.43. The first-order chi connectivity index (χ1) is 14.3. The number of hydrogen-bond acceptors (Lipinski definition) is 6. The van der Waals surface area contributed by atoms with Gasteiger partial charge in [-0.15, -0.1) is 0 Å². The number of phenolic OH excluding ortho intramolecular Hbond substituents is 1. The number of methoxy groups -OCH3 is 1. The normalized spacial score (nSPS) is 17.8. The molecule has 8 nitrogen and oxygen atoms in total. The van der Waals surface area contributed by atoms with E-state index in [-0.39, 0.29) is 41.8 Å². The van der Waals surface area contributed by atoms with Crippen LogP contribution in [0, 0.1) is 0 Å². The number of nitrogens with one attached hydrogen (secondary N) is 1. The van der Waals surface area contributed by atoms with E-state index in [9.17, 15) is 24.6 Å². The highest BCUT2D eigenvalue weighted by molar-refractivity contribution is 6.46. The van der Waals surface area contributed by atoms with Crippen LogP contribution in [0.1, 0.15) is 24.1 Å². The number of aliphatic hydroxyl groups is 1. The monoisotopic (exact) mass is 410 g/mol. The van der Waals surface area contributed by atoms with E-state index in [1.54, 1.807) is 36.4 Å². The summed E-state index contributed by atoms with van der Waals surface area (Å²) in [6.07, 6.45) is 0. The number of benzene rings is 2. The summed E-state index contributed by atoms with van der Waals surface area (Å²) in [5, 5.41) is 23.4. The van der Waals surface area contributed by atoms with Crippen LogP contribution in [0.2, 0.25) is 0 Å². The Hall–Kier alpha value is -3.81. The second kappa shape index (κ2) is 8.69. The third-order valence-corrected chi connectivity index (χ3v) is 4.83. The van der Waals surface area contributed by atoms with Crippen LogP contribution in [0.15, 0.2) is 54.1 Å². The first kappa shape index (κ1) is 20.9. The summed E-state index contributed by atoms with van der Waals surface area (Å²) in [5.74, 6) is -2.10. The molecule has 0 aliphatic carbocycles. The Labute approximate surface area is 173 Å². The van der Waals surface area contributed by atoms with Gasteiger partial charge < -0.3 is 25.2 Å². The number of aliphatic hydroxyl groups excluding tert-OH is 1. The van der Waals surface area contributed by atoms with Crippen LogP contribution in [-0.4, -0.2) is 52.9 Å². The first-order valence-electron chi connectivity index (χ1n) is 9.30. The van der Waals surface area contributed by atoms with Crippen molar-refractivity contribution in [3.05, 3.63) is 65.2 Å². The number of carbonyl (C=O) groups excluding carboxylic acids is 3. The molecule has 0 spiro atoms. The lowest BCUT2D eigenvalue weighted by molar-refractivity contribution is -0.140. The lowest BCUT2D eigenvalue weighted by Crippen LogP contribution is -2.37. The molecule has 1 unspecified atom stereocenters. The van der Waals surface area contributed by atoms with Crippen molar-refractivity contribution in [2.24, 2.45) is 0 Å². The maximum absolute atomic E-state index is 12.9. The Morgan fingerprint density at radius 1 is 1.17 bits per heavy atom. The summed E-state index contributed by atoms with van der Waals surface area (Å²) in [7, 11) is 1.39. The molecule has 8 heteroatoms. The van der Waals surface area contributed by atoms with Gasteiger partial charge in [0.1, 0.15) is 5.76 Å². The maximum Gasteiger partial charge on any atom is 0.295 e. The molecule has 1 atom stereocenters. The van der Waals surface area contributed by atoms with Crippen LogP contribution in [0.5, 0.6) is 11.5 Å². The zero-order valence-electron chi connectivity index (χ0n) is 16.6. The molecule has 2 aromatic carbocycles. The van der Waals surface area contributed by atoms with E-state index in [1.807, 2.05) is 0 Å². The number of carbonyl (C=O) groups is 3. The van der Waals surface area contributed by atoms with Gasteiger partial charge in [0.15, 0.2) is 11.5 Å². The van der Waals surface area contributed by atoms with Gasteiger partial charge in [0, 0.05) is 25.6 Å². The van der Waals surface area contributed by atoms with Crippen LogP contribution in [0.25, 0.3) is 5.76 Å². The molecule has 1 aliphatic heterocycles. The van der Waals surface area contributed by atoms with E-state index < -0.39 is 17.7 Å². The highest BCUT2D eigenvalue weighted by Gasteiger charge is 2.46. The Kier molecular flexibility index (Phi) is 6.06. The van der Waals surface area contributed by atoms with Crippen LogP contribution >= 0.6 is 0 Å². The number of ether oxygens (including phenoxy) is 1. The third-order valence-electron chi connectivity index (χ3n) is 4.83. The molecule has 156 valence electrons. The van der Waals surface area contributed by atoms with Crippen molar-refractivity contribution in [3.63, 3.8) is 0 Å². The van der Waals surface area contributed by atoms with E-state index in [1.165, 1.54) is 31.1 Å². The van der Waals surface area contributed by atoms with E-state index in [0.29, 0.717) is 11.1 Å². The quantitative estimate of drug-likeness (QED) is 0.381. The minimum Gasteiger partial charge on any atom is -0.507 e. The zero-order chi connectivity index (χ0) is 21.8. The Bertz CT molecular complexity index is 1020. The van der Waals surface area contributed by atoms with Gasteiger partial charge in [-0.05, 0) is 17.7 Å². The molecule has 0 radical (unpaired) electrons. The zero-order valence-corrected chi connectivity index (χ0v) is 16.6. The minimum atomic E-state index is -0.909. The van der Waals surface area contributed by atoms with Gasteiger partial charge >= 0.3 is 0 Å². The second-order valence-corrected chi connectivity index (χ2v) is 6.77. The minimum absolute atomic E-state index is 0.0591. The molecule has 3 N–H and O–H groups in total. The van der Waals surface area contributed by atoms with Gasteiger partial charge in [-0.3, -0.25) is 14.4 Å². The third kappa shape index (κ3) is 3.98. The number of aromatic hydroxyl groups is 1. The van der Waals surface area contributed by atoms with E-state index in [2.05, 4.69) is 5.32 Å². The van der Waals surface area contributed by atoms with Crippen LogP contribution < -0.4 is 10.1 Å². The summed E-state index contributed by atoms with van der Waals surface area (Å²) in [6, 6.07) is 12.0. The van der Waals surface area contributed by atoms with Crippen LogP contribution in [0.4, 0.5) is 0 Å². The van der Waals surface area contributed by atoms with Gasteiger partial charge in [0.2, 0.25) is 5.91 Å². The molecule has 0 saturated carbocycles. The summed E-state index contributed by atoms with van der Waals surface area (Å²) in [4.78, 5) is 38.1. The van der Waals surface area contributed by atoms with E-state index in [0.717, 1.165) is 0 Å². The fourth-order valence-corrected chi connectivity index (χ4v) is 3.43. The molecule has 2 aromatic rings. The molecule has 1 heterocycles. The van der Waals surface area contributed by atoms with E-state index >= 15 is 0 Å². The SMILES string of the molecule is COc1cc(C2C(=C(O)c3ccccc3)C(=O)C(=O)N2CCNC(C)=O)ccc1O. The van der Waals surface area contributed by atoms with Crippen molar-refractivity contribution in [1.82, 2.24) is 10.2 Å². The Morgan fingerprint density at radius 2 is 1.87 bits per heavy atom. The van der Waals surface area contributed by atoms with Gasteiger partial charge in [-0.25, -0.2) is 0 Å². The van der Waals surface area contributed by atoms with Crippen molar-refractivity contribution in [3.8, 4) is 11.5 Å². The van der Waals surface area contributed by atoms with Crippen molar-refractivity contribution in [1.29, 1.82) is 0 Å². The van der Waals surface area contributed by atoms with Crippen molar-refractivity contribution in [2.75, 3.05) is 20.2 Å². The first-order valence-corrected chi connectivity index (χ1v) is 9.30. The summed E-state index contributed by atoms with van der Waals surface area (Å²) >= 11 is 0. The lowest BCUT2D eigenvalue weighted by Gasteiger charge is -2.25. The predicted molar refractivity (Wildman–Crippen MR) is 109 cm³/mol. The molecular weight excluding hydrogens is 388 g/mol. The number of rotatable bonds is 6. The molecular formula is C22H22N2O6. The molecule has 2 amide bonds. The molecule has 1 saturated heterocycles. The summed E-state index contributed by atoms with van der Waals surface area (Å²) in [5.41, 5.74) is 0.805. The average molecular weight is 410 g/mol. The predicted octanol–water partition coefficient (Wildman–Crippen LogP) is 1.96. The number of nitrogens with zero attached hydrogens (tertiary/aromatic N) is 1. The Morgan fingerprint density at radius 3 is 2.50 bits per heavy atom. The van der Waals surface area contributed by atoms with Crippen LogP contribution in [0.3, 0.4) is 0 Å². The van der Waals surface area contributed by atoms with E-state index in [4.69, 9.17) is 4.74 Å². The second-order valence-electron chi connectivity index (χ2n) is 6.77. The lowest BCUT2D eigenvalue weighted by atomic mass is 9.95. The topological polar surface area (TPSA) is 116 Å². The number of amides is 2. The van der Waals surface area contributed by atoms with Gasteiger partial charge in [0.05, 0.1) is 18.7 Å². The van der Waals surface area contributed by atoms with Crippen molar-refractivity contribution >= 4 is 23.4 Å². The molecule has 1 aliphatic rings. The molecule has 1 fully saturated rings. The van der Waals surface area contributed by atoms with Crippen molar-refractivity contribution in [2.45, 2.75) is 13.0 Å². The highest BCUT2D eigenvalue weighted by Crippen LogP contribution is 2.41. The molecule has 0 aromatic heterocycles. The fraction of sp³-hybridized carbons (Fsp3) is 0.227. The molecule has 0 bridgehead atoms. The smallest absolute Gasteiger partial charge is 0.295 e. The number of Topliss-reactive ketones (excluding diaryl/α,β-unsaturated/α-hetero) is 1. The maximum atomic E-state index is 12.9. The number of phenols is 1. The standard InChI is InChI=1S/C22H22N2O6/c1-13(25)23-10-11-24-19(15-8-9-16(26)17(12-15)30-2)18(21(28)22(24)29)20(27)14-6-4-3-5-7-14/h3-9,12,19,26-27H,10-11H2,1-2H3,(H,23,25). The number of hydrogen-bond donors (Lipinski definition) is 3. The number of likely N-dealkylation sites (tertiary alicyclic amines) is 1. The average Bonchev–Trinajstić information content (AvgIpc) is 2.99. The highest BCUT2D eigenvalue weighted by atomic mass is 16.5. The summed E-state index contributed by atoms with van der Waals surface area (Å²) in [6.45, 7) is 1.55. The number of ketones is 1. The molecule has 30 heavy (non-hydrogen) atoms. The van der Waals surface area contributed by atoms with Crippen LogP contribution in [-0.2, 0) is 14.4 Å². The summed E-state index contributed by atoms with van der Waals surface area (Å²) < 4.78 is 5.15.